The number of thiazole rings is 1. The van der Waals surface area contributed by atoms with E-state index in [1.165, 1.54) is 11.3 Å². The SMILES string of the molecule is CCOC(=O)c1csc(C2CCCN2Cc2nnc(C)s2)n1. The zero-order valence-corrected chi connectivity index (χ0v) is 14.2. The van der Waals surface area contributed by atoms with Crippen molar-refractivity contribution in [1.82, 2.24) is 20.1 Å². The van der Waals surface area contributed by atoms with Crippen LogP contribution in [0.15, 0.2) is 5.38 Å². The molecule has 1 saturated heterocycles. The first-order chi connectivity index (χ1) is 10.7. The van der Waals surface area contributed by atoms with Crippen molar-refractivity contribution >= 4 is 28.6 Å². The number of hydrogen-bond acceptors (Lipinski definition) is 8. The monoisotopic (exact) mass is 338 g/mol. The number of carbonyl (C=O) groups is 1. The molecule has 8 heteroatoms. The second-order valence-electron chi connectivity index (χ2n) is 5.13. The maximum Gasteiger partial charge on any atom is 0.357 e. The molecular weight excluding hydrogens is 320 g/mol. The molecule has 0 bridgehead atoms. The molecule has 2 aromatic heterocycles. The van der Waals surface area contributed by atoms with Crippen LogP contribution < -0.4 is 0 Å². The molecule has 0 saturated carbocycles. The van der Waals surface area contributed by atoms with E-state index in [0.29, 0.717) is 12.3 Å². The topological polar surface area (TPSA) is 68.2 Å². The second kappa shape index (κ2) is 6.80. The molecule has 118 valence electrons. The molecule has 22 heavy (non-hydrogen) atoms. The molecule has 1 fully saturated rings. The quantitative estimate of drug-likeness (QED) is 0.781. The third-order valence-corrected chi connectivity index (χ3v) is 5.33. The van der Waals surface area contributed by atoms with Gasteiger partial charge in [-0.05, 0) is 33.2 Å². The van der Waals surface area contributed by atoms with Crippen LogP contribution >= 0.6 is 22.7 Å². The minimum Gasteiger partial charge on any atom is -0.461 e. The van der Waals surface area contributed by atoms with E-state index >= 15 is 0 Å². The van der Waals surface area contributed by atoms with Gasteiger partial charge in [-0.25, -0.2) is 9.78 Å². The first-order valence-corrected chi connectivity index (χ1v) is 9.02. The molecule has 3 rings (SSSR count). The summed E-state index contributed by atoms with van der Waals surface area (Å²) in [4.78, 5) is 18.6. The van der Waals surface area contributed by atoms with Gasteiger partial charge in [0.15, 0.2) is 5.69 Å². The molecule has 0 radical (unpaired) electrons. The van der Waals surface area contributed by atoms with Crippen molar-refractivity contribution < 1.29 is 9.53 Å². The zero-order chi connectivity index (χ0) is 15.5. The van der Waals surface area contributed by atoms with E-state index in [9.17, 15) is 4.79 Å². The van der Waals surface area contributed by atoms with Crippen LogP contribution in [0.2, 0.25) is 0 Å². The number of rotatable bonds is 5. The Bertz CT molecular complexity index is 655. The largest absolute Gasteiger partial charge is 0.461 e. The molecule has 2 aromatic rings. The fourth-order valence-electron chi connectivity index (χ4n) is 2.61. The highest BCUT2D eigenvalue weighted by Crippen LogP contribution is 2.35. The molecule has 1 aliphatic heterocycles. The van der Waals surface area contributed by atoms with Crippen LogP contribution in [0.4, 0.5) is 0 Å². The number of aryl methyl sites for hydroxylation is 1. The number of nitrogens with zero attached hydrogens (tertiary/aromatic N) is 4. The number of likely N-dealkylation sites (tertiary alicyclic amines) is 1. The first kappa shape index (κ1) is 15.5. The summed E-state index contributed by atoms with van der Waals surface area (Å²) in [5.41, 5.74) is 0.417. The molecule has 1 atom stereocenters. The third-order valence-electron chi connectivity index (χ3n) is 3.56. The molecular formula is C14H18N4O2S2. The number of hydrogen-bond donors (Lipinski definition) is 0. The third kappa shape index (κ3) is 3.34. The van der Waals surface area contributed by atoms with Gasteiger partial charge in [0.2, 0.25) is 0 Å². The lowest BCUT2D eigenvalue weighted by Gasteiger charge is -2.21. The van der Waals surface area contributed by atoms with Crippen molar-refractivity contribution in [3.05, 3.63) is 26.1 Å². The lowest BCUT2D eigenvalue weighted by Crippen LogP contribution is -2.22. The van der Waals surface area contributed by atoms with E-state index in [2.05, 4.69) is 20.1 Å². The van der Waals surface area contributed by atoms with Crippen molar-refractivity contribution in [3.8, 4) is 0 Å². The summed E-state index contributed by atoms with van der Waals surface area (Å²) < 4.78 is 5.00. The minimum atomic E-state index is -0.339. The van der Waals surface area contributed by atoms with Crippen molar-refractivity contribution in [3.63, 3.8) is 0 Å². The van der Waals surface area contributed by atoms with E-state index < -0.39 is 0 Å². The Hall–Kier alpha value is -1.38. The Balaban J connectivity index is 1.71. The first-order valence-electron chi connectivity index (χ1n) is 7.33. The Morgan fingerprint density at radius 3 is 3.09 bits per heavy atom. The fourth-order valence-corrected chi connectivity index (χ4v) is 4.30. The number of esters is 1. The van der Waals surface area contributed by atoms with Gasteiger partial charge in [0.1, 0.15) is 15.0 Å². The molecule has 6 nitrogen and oxygen atoms in total. The standard InChI is InChI=1S/C14H18N4O2S2/c1-3-20-14(19)10-8-21-13(15-10)11-5-4-6-18(11)7-12-17-16-9(2)22-12/h8,11H,3-7H2,1-2H3. The van der Waals surface area contributed by atoms with E-state index in [1.54, 1.807) is 23.6 Å². The summed E-state index contributed by atoms with van der Waals surface area (Å²) in [6.45, 7) is 5.96. The zero-order valence-electron chi connectivity index (χ0n) is 12.6. The molecule has 3 heterocycles. The molecule has 0 amide bonds. The smallest absolute Gasteiger partial charge is 0.357 e. The lowest BCUT2D eigenvalue weighted by molar-refractivity contribution is 0.0520. The van der Waals surface area contributed by atoms with Crippen molar-refractivity contribution in [2.45, 2.75) is 39.3 Å². The Morgan fingerprint density at radius 2 is 2.36 bits per heavy atom. The summed E-state index contributed by atoms with van der Waals surface area (Å²) in [6.07, 6.45) is 2.20. The molecule has 0 spiro atoms. The number of carbonyl (C=O) groups excluding carboxylic acids is 1. The summed E-state index contributed by atoms with van der Waals surface area (Å²) in [5, 5.41) is 13.1. The van der Waals surface area contributed by atoms with E-state index in [4.69, 9.17) is 4.74 Å². The lowest BCUT2D eigenvalue weighted by atomic mass is 10.2. The highest BCUT2D eigenvalue weighted by atomic mass is 32.1. The Morgan fingerprint density at radius 1 is 1.50 bits per heavy atom. The van der Waals surface area contributed by atoms with Crippen LogP contribution in [0.25, 0.3) is 0 Å². The molecule has 0 aliphatic carbocycles. The van der Waals surface area contributed by atoms with Crippen LogP contribution in [0.3, 0.4) is 0 Å². The van der Waals surface area contributed by atoms with Gasteiger partial charge in [-0.1, -0.05) is 0 Å². The summed E-state index contributed by atoms with van der Waals surface area (Å²) in [7, 11) is 0. The van der Waals surface area contributed by atoms with Gasteiger partial charge in [0.05, 0.1) is 19.2 Å². The second-order valence-corrected chi connectivity index (χ2v) is 7.29. The van der Waals surface area contributed by atoms with E-state index in [1.807, 2.05) is 6.92 Å². The maximum atomic E-state index is 11.7. The Labute approximate surface area is 137 Å². The molecule has 0 N–H and O–H groups in total. The van der Waals surface area contributed by atoms with Gasteiger partial charge in [-0.3, -0.25) is 4.90 Å². The van der Waals surface area contributed by atoms with Gasteiger partial charge in [-0.2, -0.15) is 0 Å². The predicted octanol–water partition coefficient (Wildman–Crippen LogP) is 2.82. The average molecular weight is 338 g/mol. The van der Waals surface area contributed by atoms with Gasteiger partial charge in [0.25, 0.3) is 0 Å². The van der Waals surface area contributed by atoms with Gasteiger partial charge in [-0.15, -0.1) is 32.9 Å². The highest BCUT2D eigenvalue weighted by Gasteiger charge is 2.29. The number of ether oxygens (including phenoxy) is 1. The van der Waals surface area contributed by atoms with Gasteiger partial charge in [0, 0.05) is 5.38 Å². The van der Waals surface area contributed by atoms with Crippen molar-refractivity contribution in [2.24, 2.45) is 0 Å². The van der Waals surface area contributed by atoms with Crippen molar-refractivity contribution in [1.29, 1.82) is 0 Å². The van der Waals surface area contributed by atoms with Crippen LogP contribution in [-0.4, -0.2) is 39.2 Å². The average Bonchev–Trinajstić information content (AvgIpc) is 3.20. The minimum absolute atomic E-state index is 0.261. The van der Waals surface area contributed by atoms with E-state index in [0.717, 1.165) is 41.0 Å². The summed E-state index contributed by atoms with van der Waals surface area (Å²) in [6, 6.07) is 0.261. The van der Waals surface area contributed by atoms with Crippen LogP contribution in [0.1, 0.15) is 51.3 Å². The molecule has 1 aliphatic rings. The van der Waals surface area contributed by atoms with Crippen LogP contribution in [0.5, 0.6) is 0 Å². The van der Waals surface area contributed by atoms with E-state index in [-0.39, 0.29) is 12.0 Å². The Kier molecular flexibility index (Phi) is 4.80. The summed E-state index contributed by atoms with van der Waals surface area (Å²) >= 11 is 3.17. The normalized spacial score (nSPS) is 18.7. The molecule has 0 aromatic carbocycles. The fraction of sp³-hybridized carbons (Fsp3) is 0.571. The highest BCUT2D eigenvalue weighted by molar-refractivity contribution is 7.11. The van der Waals surface area contributed by atoms with Gasteiger partial charge >= 0.3 is 5.97 Å². The maximum absolute atomic E-state index is 11.7. The molecule has 1 unspecified atom stereocenters. The van der Waals surface area contributed by atoms with Crippen LogP contribution in [0, 0.1) is 6.92 Å². The van der Waals surface area contributed by atoms with Gasteiger partial charge < -0.3 is 4.74 Å². The predicted molar refractivity (Wildman–Crippen MR) is 85.1 cm³/mol. The number of aromatic nitrogens is 3. The van der Waals surface area contributed by atoms with Crippen LogP contribution in [-0.2, 0) is 11.3 Å². The summed E-state index contributed by atoms with van der Waals surface area (Å²) in [5.74, 6) is -0.339. The van der Waals surface area contributed by atoms with Crippen molar-refractivity contribution in [2.75, 3.05) is 13.2 Å².